The molecule has 4 aromatic rings. The summed E-state index contributed by atoms with van der Waals surface area (Å²) in [7, 11) is 2.11. The highest BCUT2D eigenvalue weighted by molar-refractivity contribution is 7.16. The van der Waals surface area contributed by atoms with Crippen LogP contribution in [0.2, 0.25) is 0 Å². The molecular weight excluding hydrogens is 592 g/mol. The summed E-state index contributed by atoms with van der Waals surface area (Å²) in [6.45, 7) is 1.84. The molecule has 1 aliphatic heterocycles. The molecule has 5 heterocycles. The number of aryl methyl sites for hydroxylation is 1. The zero-order valence-corrected chi connectivity index (χ0v) is 25.8. The Morgan fingerprint density at radius 3 is 2.91 bits per heavy atom. The van der Waals surface area contributed by atoms with E-state index in [0.29, 0.717) is 58.7 Å². The van der Waals surface area contributed by atoms with E-state index in [1.54, 1.807) is 23.3 Å². The van der Waals surface area contributed by atoms with E-state index in [2.05, 4.69) is 43.3 Å². The van der Waals surface area contributed by atoms with Crippen LogP contribution in [-0.4, -0.2) is 73.0 Å². The third-order valence-electron chi connectivity index (χ3n) is 9.16. The van der Waals surface area contributed by atoms with E-state index >= 15 is 0 Å². The van der Waals surface area contributed by atoms with Gasteiger partial charge in [-0.25, -0.2) is 19.6 Å². The zero-order chi connectivity index (χ0) is 31.0. The summed E-state index contributed by atoms with van der Waals surface area (Å²) in [5, 5.41) is 23.1. The maximum atomic E-state index is 10.1. The van der Waals surface area contributed by atoms with E-state index in [1.165, 1.54) is 22.5 Å². The van der Waals surface area contributed by atoms with Gasteiger partial charge >= 0.3 is 0 Å². The van der Waals surface area contributed by atoms with E-state index < -0.39 is 5.41 Å². The summed E-state index contributed by atoms with van der Waals surface area (Å²) >= 11 is 1.52. The molecule has 4 aromatic heterocycles. The van der Waals surface area contributed by atoms with Gasteiger partial charge in [0, 0.05) is 22.5 Å². The molecule has 0 amide bonds. The first-order chi connectivity index (χ1) is 22.0. The van der Waals surface area contributed by atoms with Crippen molar-refractivity contribution in [3.8, 4) is 23.5 Å². The van der Waals surface area contributed by atoms with Crippen LogP contribution in [0.25, 0.3) is 11.5 Å². The molecule has 14 nitrogen and oxygen atoms in total. The number of nitrogens with zero attached hydrogens (tertiary/aromatic N) is 10. The summed E-state index contributed by atoms with van der Waals surface area (Å²) in [5.74, 6) is 7.57. The lowest BCUT2D eigenvalue weighted by atomic mass is 9.63. The maximum absolute atomic E-state index is 10.1. The Bertz CT molecular complexity index is 1800. The average molecular weight is 627 g/mol. The standard InChI is InChI=1S/C30H34N12O2S/c1-41-10-4-5-19(41)15-43-24-11-23(35-13-18(39-33)14-42-17-34-16-36-42)37-29(38-24)26-20-6-2-8-30(27(20)44-40-26)9-3-7-22-25(30)21(12-31)28(32)45-22/h11,13,16-17,19H,2-10,14-15,32-33H2,1H3/b35-13+,39-18+/t19-,30-/m0/s1. The first-order valence-electron chi connectivity index (χ1n) is 15.2. The van der Waals surface area contributed by atoms with Gasteiger partial charge in [0.05, 0.1) is 29.4 Å². The average Bonchev–Trinajstić information content (AvgIpc) is 3.86. The number of likely N-dealkylation sites (N-methyl/N-ethyl adjacent to an activating group) is 1. The SMILES string of the molecule is CN1CCC[C@H]1COc1cc(/N=C/C(Cn2cncn2)=N\N)nc(-c2noc3c2CCC[C@@]32CCCc3sc(N)c(C#N)c32)n1. The first-order valence-corrected chi connectivity index (χ1v) is 16.0. The highest BCUT2D eigenvalue weighted by Crippen LogP contribution is 2.55. The van der Waals surface area contributed by atoms with Crippen LogP contribution in [0.4, 0.5) is 10.8 Å². The smallest absolute Gasteiger partial charge is 0.219 e. The van der Waals surface area contributed by atoms with Gasteiger partial charge in [-0.05, 0) is 70.5 Å². The number of hydrazone groups is 1. The van der Waals surface area contributed by atoms with Crippen LogP contribution in [-0.2, 0) is 24.8 Å². The Labute approximate surface area is 263 Å². The second kappa shape index (κ2) is 12.0. The van der Waals surface area contributed by atoms with Gasteiger partial charge in [0.15, 0.2) is 23.1 Å². The van der Waals surface area contributed by atoms with Crippen LogP contribution in [0.15, 0.2) is 33.3 Å². The van der Waals surface area contributed by atoms with E-state index in [-0.39, 0.29) is 0 Å². The molecule has 0 unspecified atom stereocenters. The second-order valence-electron chi connectivity index (χ2n) is 11.8. The Kier molecular flexibility index (Phi) is 7.76. The number of nitriles is 1. The molecule has 4 N–H and O–H groups in total. The lowest BCUT2D eigenvalue weighted by molar-refractivity contribution is 0.193. The van der Waals surface area contributed by atoms with E-state index in [0.717, 1.165) is 74.8 Å². The number of anilines is 1. The number of fused-ring (bicyclic) bond motifs is 4. The number of likely N-dealkylation sites (tertiary alicyclic amines) is 1. The van der Waals surface area contributed by atoms with Crippen LogP contribution < -0.4 is 16.3 Å². The van der Waals surface area contributed by atoms with Crippen molar-refractivity contribution in [1.29, 1.82) is 5.26 Å². The van der Waals surface area contributed by atoms with Crippen LogP contribution in [0.3, 0.4) is 0 Å². The number of thiophene rings is 1. The minimum atomic E-state index is -0.443. The molecule has 15 heteroatoms. The topological polar surface area (TPSA) is 196 Å². The van der Waals surface area contributed by atoms with Gasteiger partial charge in [-0.15, -0.1) is 11.3 Å². The van der Waals surface area contributed by atoms with Crippen molar-refractivity contribution in [1.82, 2.24) is 34.8 Å². The third kappa shape index (κ3) is 5.33. The van der Waals surface area contributed by atoms with E-state index in [9.17, 15) is 5.26 Å². The summed E-state index contributed by atoms with van der Waals surface area (Å²) in [6, 6.07) is 4.39. The van der Waals surface area contributed by atoms with Crippen LogP contribution >= 0.6 is 11.3 Å². The Morgan fingerprint density at radius 2 is 2.16 bits per heavy atom. The molecule has 0 aromatic carbocycles. The van der Waals surface area contributed by atoms with Gasteiger partial charge < -0.3 is 25.7 Å². The number of rotatable bonds is 8. The monoisotopic (exact) mass is 626 g/mol. The number of aromatic nitrogens is 6. The quantitative estimate of drug-likeness (QED) is 0.165. The highest BCUT2D eigenvalue weighted by atomic mass is 32.1. The van der Waals surface area contributed by atoms with Crippen molar-refractivity contribution in [2.24, 2.45) is 15.9 Å². The van der Waals surface area contributed by atoms with Gasteiger partial charge in [-0.2, -0.15) is 20.4 Å². The van der Waals surface area contributed by atoms with E-state index in [4.69, 9.17) is 30.8 Å². The molecule has 2 atom stereocenters. The molecule has 2 aliphatic carbocycles. The maximum Gasteiger partial charge on any atom is 0.219 e. The summed E-state index contributed by atoms with van der Waals surface area (Å²) in [5.41, 5.74) is 9.48. The molecule has 1 spiro atoms. The highest BCUT2D eigenvalue weighted by Gasteiger charge is 2.48. The first kappa shape index (κ1) is 29.1. The number of ether oxygens (including phenoxy) is 1. The fourth-order valence-electron chi connectivity index (χ4n) is 6.98. The van der Waals surface area contributed by atoms with Gasteiger partial charge in [-0.3, -0.25) is 0 Å². The number of hydrogen-bond acceptors (Lipinski definition) is 14. The van der Waals surface area contributed by atoms with Gasteiger partial charge in [-0.1, -0.05) is 5.16 Å². The minimum Gasteiger partial charge on any atom is -0.476 e. The van der Waals surface area contributed by atoms with Crippen LogP contribution in [0.5, 0.6) is 5.88 Å². The minimum absolute atomic E-state index is 0.300. The van der Waals surface area contributed by atoms with E-state index in [1.807, 2.05) is 0 Å². The molecule has 0 bridgehead atoms. The fraction of sp³-hybridized carbons (Fsp3) is 0.467. The molecule has 45 heavy (non-hydrogen) atoms. The van der Waals surface area contributed by atoms with Crippen molar-refractivity contribution in [3.05, 3.63) is 46.0 Å². The normalized spacial score (nSPS) is 21.7. The predicted molar refractivity (Wildman–Crippen MR) is 169 cm³/mol. The second-order valence-corrected chi connectivity index (χ2v) is 13.0. The lowest BCUT2D eigenvalue weighted by Crippen LogP contribution is -2.35. The molecule has 1 saturated heterocycles. The van der Waals surface area contributed by atoms with Gasteiger partial charge in [0.1, 0.15) is 30.3 Å². The van der Waals surface area contributed by atoms with Crippen molar-refractivity contribution in [3.63, 3.8) is 0 Å². The number of aliphatic imine (C=N–C) groups is 1. The number of nitrogens with two attached hydrogens (primary N) is 2. The molecule has 3 aliphatic rings. The molecule has 1 fully saturated rings. The number of nitrogen functional groups attached to an aromatic ring is 1. The molecule has 232 valence electrons. The summed E-state index contributed by atoms with van der Waals surface area (Å²) in [4.78, 5) is 21.6. The summed E-state index contributed by atoms with van der Waals surface area (Å²) in [6.07, 6.45) is 12.1. The zero-order valence-electron chi connectivity index (χ0n) is 25.0. The third-order valence-corrected chi connectivity index (χ3v) is 10.2. The fourth-order valence-corrected chi connectivity index (χ4v) is 8.14. The van der Waals surface area contributed by atoms with Crippen molar-refractivity contribution < 1.29 is 9.26 Å². The van der Waals surface area contributed by atoms with Crippen molar-refractivity contribution in [2.75, 3.05) is 25.9 Å². The lowest BCUT2D eigenvalue weighted by Gasteiger charge is -2.39. The predicted octanol–water partition coefficient (Wildman–Crippen LogP) is 3.39. The van der Waals surface area contributed by atoms with Crippen molar-refractivity contribution in [2.45, 2.75) is 69.4 Å². The largest absolute Gasteiger partial charge is 0.476 e. The van der Waals surface area contributed by atoms with Crippen LogP contribution in [0.1, 0.15) is 65.9 Å². The summed E-state index contributed by atoms with van der Waals surface area (Å²) < 4.78 is 14.0. The van der Waals surface area contributed by atoms with Gasteiger partial charge in [0.25, 0.3) is 0 Å². The molecule has 0 saturated carbocycles. The van der Waals surface area contributed by atoms with Crippen molar-refractivity contribution >= 4 is 34.1 Å². The molecule has 0 radical (unpaired) electrons. The number of hydrogen-bond donors (Lipinski definition) is 2. The Balaban J connectivity index is 1.27. The molecular formula is C30H34N12O2S. The Hall–Kier alpha value is -4.68. The van der Waals surface area contributed by atoms with Crippen LogP contribution in [0, 0.1) is 11.3 Å². The molecule has 7 rings (SSSR count). The van der Waals surface area contributed by atoms with Gasteiger partial charge in [0.2, 0.25) is 5.88 Å². The Morgan fingerprint density at radius 1 is 1.29 bits per heavy atom.